The molecule has 6 rings (SSSR count). The molecule has 0 saturated carbocycles. The highest BCUT2D eigenvalue weighted by atomic mass is 35.5. The van der Waals surface area contributed by atoms with Crippen LogP contribution in [-0.4, -0.2) is 114 Å². The number of nitrogens with zero attached hydrogens (tertiary/aromatic N) is 5. The number of urea groups is 1. The lowest BCUT2D eigenvalue weighted by Crippen LogP contribution is -2.54. The third-order valence-corrected chi connectivity index (χ3v) is 11.6. The third kappa shape index (κ3) is 7.71. The fourth-order valence-electron chi connectivity index (χ4n) is 7.51. The van der Waals surface area contributed by atoms with Gasteiger partial charge in [0.1, 0.15) is 5.00 Å². The number of hydrogen-bond donors (Lipinski definition) is 2. The molecule has 5 heterocycles. The lowest BCUT2D eigenvalue weighted by molar-refractivity contribution is -0.143. The number of amides is 4. The molecule has 0 unspecified atom stereocenters. The minimum absolute atomic E-state index is 0.0289. The minimum Gasteiger partial charge on any atom is -0.397 e. The van der Waals surface area contributed by atoms with Crippen molar-refractivity contribution in [3.05, 3.63) is 45.3 Å². The number of piperidine rings is 2. The molecule has 3 N–H and O–H groups in total. The Hall–Kier alpha value is -3.07. The first-order valence-corrected chi connectivity index (χ1v) is 17.9. The molecule has 262 valence electrons. The number of hydrogen-bond acceptors (Lipinski definition) is 7. The Labute approximate surface area is 287 Å². The van der Waals surface area contributed by atoms with Crippen LogP contribution in [0.3, 0.4) is 0 Å². The number of fused-ring (bicyclic) bond motifs is 1. The second-order valence-corrected chi connectivity index (χ2v) is 14.8. The smallest absolute Gasteiger partial charge is 0.397 e. The zero-order valence-corrected chi connectivity index (χ0v) is 28.7. The monoisotopic (exact) mass is 709 g/mol. The van der Waals surface area contributed by atoms with Gasteiger partial charge in [-0.1, -0.05) is 11.6 Å². The Kier molecular flexibility index (Phi) is 10.4. The fourth-order valence-corrected chi connectivity index (χ4v) is 8.55. The van der Waals surface area contributed by atoms with Gasteiger partial charge in [0, 0.05) is 76.4 Å². The zero-order valence-electron chi connectivity index (χ0n) is 27.1. The highest BCUT2D eigenvalue weighted by Gasteiger charge is 2.38. The zero-order chi connectivity index (χ0) is 34.2. The lowest BCUT2D eigenvalue weighted by Gasteiger charge is -2.42. The van der Waals surface area contributed by atoms with E-state index in [1.54, 1.807) is 9.80 Å². The number of carbonyl (C=O) groups is 3. The summed E-state index contributed by atoms with van der Waals surface area (Å²) in [4.78, 5) is 50.6. The van der Waals surface area contributed by atoms with Gasteiger partial charge in [0.2, 0.25) is 11.8 Å². The predicted octanol–water partition coefficient (Wildman–Crippen LogP) is 4.83. The third-order valence-electron chi connectivity index (χ3n) is 10.4. The van der Waals surface area contributed by atoms with Crippen LogP contribution in [0.15, 0.2) is 23.6 Å². The van der Waals surface area contributed by atoms with E-state index in [-0.39, 0.29) is 47.3 Å². The summed E-state index contributed by atoms with van der Waals surface area (Å²) in [6.07, 6.45) is -2.10. The molecule has 0 bridgehead atoms. The van der Waals surface area contributed by atoms with Crippen LogP contribution >= 0.6 is 22.9 Å². The Balaban J connectivity index is 1.13. The van der Waals surface area contributed by atoms with Crippen molar-refractivity contribution in [2.45, 2.75) is 63.3 Å². The predicted molar refractivity (Wildman–Crippen MR) is 180 cm³/mol. The molecule has 10 nitrogen and oxygen atoms in total. The number of likely N-dealkylation sites (tertiary alicyclic amines) is 2. The van der Waals surface area contributed by atoms with E-state index in [9.17, 15) is 27.6 Å². The van der Waals surface area contributed by atoms with Gasteiger partial charge in [-0.2, -0.15) is 13.2 Å². The number of halogens is 4. The van der Waals surface area contributed by atoms with E-state index in [0.29, 0.717) is 51.6 Å². The number of nitrogens with two attached hydrogens (primary N) is 1. The molecule has 0 radical (unpaired) electrons. The van der Waals surface area contributed by atoms with Crippen molar-refractivity contribution in [1.82, 2.24) is 24.5 Å². The molecule has 1 aromatic carbocycles. The van der Waals surface area contributed by atoms with Gasteiger partial charge in [-0.15, -0.1) is 11.3 Å². The van der Waals surface area contributed by atoms with Gasteiger partial charge >= 0.3 is 12.2 Å². The summed E-state index contributed by atoms with van der Waals surface area (Å²) in [6.45, 7) is 6.42. The second-order valence-electron chi connectivity index (χ2n) is 13.5. The molecule has 2 aromatic rings. The van der Waals surface area contributed by atoms with Crippen LogP contribution < -0.4 is 11.1 Å². The van der Waals surface area contributed by atoms with Crippen molar-refractivity contribution in [3.63, 3.8) is 0 Å². The normalized spacial score (nSPS) is 21.3. The number of nitrogen functional groups attached to an aromatic ring is 1. The maximum Gasteiger partial charge on any atom is 0.418 e. The SMILES string of the molecule is CN1CCN(C2CCN(C(=O)[C@H](CC(=O)N3CCC(N4Cc5ccsc5NC4=O)CC3)Cc3cc(Cl)c(N)c(C(F)(F)F)c3)CC2)CC1. The van der Waals surface area contributed by atoms with Crippen molar-refractivity contribution in [1.29, 1.82) is 0 Å². The molecule has 1 aromatic heterocycles. The van der Waals surface area contributed by atoms with E-state index in [1.807, 2.05) is 16.3 Å². The maximum absolute atomic E-state index is 14.1. The Morgan fingerprint density at radius 1 is 1.00 bits per heavy atom. The molecule has 15 heteroatoms. The molecule has 0 aliphatic carbocycles. The van der Waals surface area contributed by atoms with Gasteiger partial charge in [0.05, 0.1) is 28.7 Å². The first-order chi connectivity index (χ1) is 22.9. The van der Waals surface area contributed by atoms with E-state index in [1.165, 1.54) is 17.4 Å². The largest absolute Gasteiger partial charge is 0.418 e. The van der Waals surface area contributed by atoms with E-state index in [2.05, 4.69) is 22.2 Å². The second kappa shape index (κ2) is 14.4. The topological polar surface area (TPSA) is 105 Å². The summed E-state index contributed by atoms with van der Waals surface area (Å²) in [5, 5.41) is 5.53. The highest BCUT2D eigenvalue weighted by molar-refractivity contribution is 7.14. The number of alkyl halides is 3. The van der Waals surface area contributed by atoms with Gasteiger partial charge < -0.3 is 25.3 Å². The Morgan fingerprint density at radius 3 is 2.31 bits per heavy atom. The number of rotatable bonds is 7. The molecule has 1 atom stereocenters. The fraction of sp³-hybridized carbons (Fsp3) is 0.606. The molecule has 48 heavy (non-hydrogen) atoms. The molecule has 3 fully saturated rings. The van der Waals surface area contributed by atoms with Gasteiger partial charge in [-0.3, -0.25) is 19.8 Å². The Morgan fingerprint density at radius 2 is 1.65 bits per heavy atom. The minimum atomic E-state index is -4.72. The highest BCUT2D eigenvalue weighted by Crippen LogP contribution is 2.39. The van der Waals surface area contributed by atoms with E-state index in [4.69, 9.17) is 17.3 Å². The number of thiophene rings is 1. The molecular weight excluding hydrogens is 667 g/mol. The molecule has 3 saturated heterocycles. The van der Waals surface area contributed by atoms with Crippen LogP contribution in [0.1, 0.15) is 48.8 Å². The van der Waals surface area contributed by atoms with E-state index >= 15 is 0 Å². The molecule has 0 spiro atoms. The van der Waals surface area contributed by atoms with Crippen LogP contribution in [0.4, 0.5) is 28.7 Å². The molecule has 4 amide bonds. The summed E-state index contributed by atoms with van der Waals surface area (Å²) in [5.74, 6) is -1.31. The number of anilines is 2. The number of nitrogens with one attached hydrogen (secondary N) is 1. The van der Waals surface area contributed by atoms with Crippen LogP contribution in [-0.2, 0) is 28.7 Å². The first kappa shape index (κ1) is 34.8. The number of benzene rings is 1. The number of piperazine rings is 1. The van der Waals surface area contributed by atoms with Crippen LogP contribution in [0.2, 0.25) is 5.02 Å². The molecular formula is C33H43ClF3N7O3S. The van der Waals surface area contributed by atoms with Crippen LogP contribution in [0.25, 0.3) is 0 Å². The van der Waals surface area contributed by atoms with Crippen molar-refractivity contribution in [2.75, 3.05) is 70.5 Å². The first-order valence-electron chi connectivity index (χ1n) is 16.7. The van der Waals surface area contributed by atoms with Crippen molar-refractivity contribution < 1.29 is 27.6 Å². The lowest BCUT2D eigenvalue weighted by atomic mass is 9.91. The van der Waals surface area contributed by atoms with Crippen molar-refractivity contribution in [2.24, 2.45) is 5.92 Å². The summed E-state index contributed by atoms with van der Waals surface area (Å²) in [7, 11) is 2.11. The number of carbonyl (C=O) groups excluding carboxylic acids is 3. The molecule has 4 aliphatic heterocycles. The van der Waals surface area contributed by atoms with Gasteiger partial charge in [-0.25, -0.2) is 4.79 Å². The van der Waals surface area contributed by atoms with Gasteiger partial charge in [0.25, 0.3) is 0 Å². The van der Waals surface area contributed by atoms with Crippen LogP contribution in [0, 0.1) is 5.92 Å². The van der Waals surface area contributed by atoms with Gasteiger partial charge in [-0.05, 0) is 68.3 Å². The van der Waals surface area contributed by atoms with Gasteiger partial charge in [0.15, 0.2) is 0 Å². The quantitative estimate of drug-likeness (QED) is 0.400. The number of likely N-dealkylation sites (N-methyl/N-ethyl adjacent to an activating group) is 1. The summed E-state index contributed by atoms with van der Waals surface area (Å²) >= 11 is 7.63. The standard InChI is InChI=1S/C33H43ClF3N7O3S/c1-40-11-13-41(14-12-40)24-2-9-43(10-3-24)31(46)23(16-21-17-26(33(35,36)37)29(38)27(34)18-21)19-28(45)42-7-4-25(5-8-42)44-20-22-6-15-48-30(22)39-32(44)47/h6,15,17-18,23-25H,2-5,7-14,16,19-20,38H2,1H3,(H,39,47)/t23-/m0/s1. The van der Waals surface area contributed by atoms with Crippen molar-refractivity contribution >= 4 is 51.5 Å². The van der Waals surface area contributed by atoms with Crippen molar-refractivity contribution in [3.8, 4) is 0 Å². The Bertz CT molecular complexity index is 1500. The average molecular weight is 710 g/mol. The van der Waals surface area contributed by atoms with E-state index < -0.39 is 23.3 Å². The summed E-state index contributed by atoms with van der Waals surface area (Å²) < 4.78 is 41.4. The van der Waals surface area contributed by atoms with Crippen LogP contribution in [0.5, 0.6) is 0 Å². The average Bonchev–Trinajstić information content (AvgIpc) is 3.52. The summed E-state index contributed by atoms with van der Waals surface area (Å²) in [6, 6.07) is 4.52. The molecule has 4 aliphatic rings. The maximum atomic E-state index is 14.1. The summed E-state index contributed by atoms with van der Waals surface area (Å²) in [5.41, 5.74) is 5.35. The van der Waals surface area contributed by atoms with E-state index in [0.717, 1.165) is 55.7 Å².